The zero-order valence-electron chi connectivity index (χ0n) is 16.3. The molecule has 1 heterocycles. The molecule has 2 aromatic carbocycles. The zero-order chi connectivity index (χ0) is 20.8. The second-order valence-electron chi connectivity index (χ2n) is 6.34. The number of carbonyl (C=O) groups excluding carboxylic acids is 1. The first-order chi connectivity index (χ1) is 14.0. The SMILES string of the molecule is CCCOc1c(Br)cc(C(=O)N2CCCSC2=Nc2ccccc2Cl)cc1OC. The van der Waals surface area contributed by atoms with Crippen molar-refractivity contribution in [1.82, 2.24) is 4.90 Å². The number of amides is 1. The molecule has 1 aliphatic rings. The van der Waals surface area contributed by atoms with E-state index in [1.54, 1.807) is 42.0 Å². The largest absolute Gasteiger partial charge is 0.493 e. The Kier molecular flexibility index (Phi) is 7.86. The normalized spacial score (nSPS) is 15.4. The van der Waals surface area contributed by atoms with E-state index < -0.39 is 0 Å². The molecule has 1 saturated heterocycles. The molecule has 0 aliphatic carbocycles. The van der Waals surface area contributed by atoms with Gasteiger partial charge in [-0.3, -0.25) is 9.69 Å². The van der Waals surface area contributed by atoms with Crippen molar-refractivity contribution < 1.29 is 14.3 Å². The van der Waals surface area contributed by atoms with Crippen molar-refractivity contribution in [3.05, 3.63) is 51.5 Å². The fourth-order valence-electron chi connectivity index (χ4n) is 2.83. The maximum atomic E-state index is 13.3. The lowest BCUT2D eigenvalue weighted by molar-refractivity contribution is 0.0848. The lowest BCUT2D eigenvalue weighted by Gasteiger charge is -2.28. The predicted molar refractivity (Wildman–Crippen MR) is 123 cm³/mol. The average molecular weight is 498 g/mol. The number of carbonyl (C=O) groups is 1. The molecule has 154 valence electrons. The van der Waals surface area contributed by atoms with Gasteiger partial charge in [0.1, 0.15) is 0 Å². The van der Waals surface area contributed by atoms with Crippen LogP contribution in [-0.4, -0.2) is 42.0 Å². The maximum Gasteiger partial charge on any atom is 0.260 e. The Balaban J connectivity index is 1.93. The van der Waals surface area contributed by atoms with Gasteiger partial charge in [0, 0.05) is 17.9 Å². The van der Waals surface area contributed by atoms with Crippen LogP contribution in [0.3, 0.4) is 0 Å². The molecule has 5 nitrogen and oxygen atoms in total. The number of methoxy groups -OCH3 is 1. The van der Waals surface area contributed by atoms with Crippen LogP contribution in [-0.2, 0) is 0 Å². The van der Waals surface area contributed by atoms with Crippen molar-refractivity contribution in [3.63, 3.8) is 0 Å². The van der Waals surface area contributed by atoms with Crippen molar-refractivity contribution in [2.75, 3.05) is 26.0 Å². The summed E-state index contributed by atoms with van der Waals surface area (Å²) in [5.74, 6) is 1.89. The topological polar surface area (TPSA) is 51.1 Å². The highest BCUT2D eigenvalue weighted by molar-refractivity contribution is 9.10. The van der Waals surface area contributed by atoms with Gasteiger partial charge in [-0.15, -0.1) is 0 Å². The Bertz CT molecular complexity index is 923. The number of ether oxygens (including phenoxy) is 2. The van der Waals surface area contributed by atoms with Gasteiger partial charge >= 0.3 is 0 Å². The van der Waals surface area contributed by atoms with Crippen LogP contribution in [0.1, 0.15) is 30.1 Å². The molecule has 2 aromatic rings. The number of hydrogen-bond donors (Lipinski definition) is 0. The summed E-state index contributed by atoms with van der Waals surface area (Å²) in [5.41, 5.74) is 1.16. The van der Waals surface area contributed by atoms with Crippen LogP contribution >= 0.6 is 39.3 Å². The summed E-state index contributed by atoms with van der Waals surface area (Å²) in [6.45, 7) is 3.20. The highest BCUT2D eigenvalue weighted by Crippen LogP contribution is 2.37. The molecule has 0 N–H and O–H groups in total. The number of aliphatic imine (C=N–C) groups is 1. The standard InChI is InChI=1S/C21H22BrClN2O3S/c1-3-10-28-19-15(22)12-14(13-18(19)27-2)20(26)25-9-6-11-29-21(25)24-17-8-5-4-7-16(17)23/h4-5,7-8,12-13H,3,6,9-11H2,1-2H3. The Labute approximate surface area is 188 Å². The first-order valence-electron chi connectivity index (χ1n) is 9.33. The van der Waals surface area contributed by atoms with E-state index in [1.165, 1.54) is 0 Å². The van der Waals surface area contributed by atoms with Crippen LogP contribution in [0.4, 0.5) is 5.69 Å². The molecule has 0 bridgehead atoms. The molecule has 8 heteroatoms. The molecular weight excluding hydrogens is 476 g/mol. The van der Waals surface area contributed by atoms with Crippen LogP contribution < -0.4 is 9.47 Å². The molecule has 0 spiro atoms. The van der Waals surface area contributed by atoms with Gasteiger partial charge in [0.25, 0.3) is 5.91 Å². The minimum Gasteiger partial charge on any atom is -0.493 e. The number of nitrogens with zero attached hydrogens (tertiary/aromatic N) is 2. The molecule has 0 atom stereocenters. The smallest absolute Gasteiger partial charge is 0.260 e. The van der Waals surface area contributed by atoms with Gasteiger partial charge < -0.3 is 9.47 Å². The lowest BCUT2D eigenvalue weighted by Crippen LogP contribution is -2.39. The maximum absolute atomic E-state index is 13.3. The van der Waals surface area contributed by atoms with Crippen molar-refractivity contribution in [3.8, 4) is 11.5 Å². The molecule has 1 amide bonds. The first-order valence-corrected chi connectivity index (χ1v) is 11.5. The van der Waals surface area contributed by atoms with Crippen molar-refractivity contribution in [1.29, 1.82) is 0 Å². The number of hydrogen-bond acceptors (Lipinski definition) is 5. The number of amidine groups is 1. The predicted octanol–water partition coefficient (Wildman–Crippen LogP) is 6.17. The second-order valence-corrected chi connectivity index (χ2v) is 8.67. The number of thioether (sulfide) groups is 1. The van der Waals surface area contributed by atoms with E-state index in [0.29, 0.717) is 50.6 Å². The fourth-order valence-corrected chi connectivity index (χ4v) is 4.51. The van der Waals surface area contributed by atoms with E-state index in [0.717, 1.165) is 18.6 Å². The van der Waals surface area contributed by atoms with Crippen LogP contribution in [0.5, 0.6) is 11.5 Å². The molecule has 0 saturated carbocycles. The molecule has 3 rings (SSSR count). The minimum absolute atomic E-state index is 0.135. The quantitative estimate of drug-likeness (QED) is 0.479. The third kappa shape index (κ3) is 5.27. The average Bonchev–Trinajstić information content (AvgIpc) is 2.74. The van der Waals surface area contributed by atoms with Gasteiger partial charge in [-0.05, 0) is 53.0 Å². The van der Waals surface area contributed by atoms with E-state index in [4.69, 9.17) is 21.1 Å². The monoisotopic (exact) mass is 496 g/mol. The summed E-state index contributed by atoms with van der Waals surface area (Å²) in [6.07, 6.45) is 1.77. The lowest BCUT2D eigenvalue weighted by atomic mass is 10.1. The summed E-state index contributed by atoms with van der Waals surface area (Å²) in [6, 6.07) is 10.8. The molecule has 1 fully saturated rings. The molecule has 29 heavy (non-hydrogen) atoms. The molecular formula is C21H22BrClN2O3S. The Morgan fingerprint density at radius 3 is 2.86 bits per heavy atom. The van der Waals surface area contributed by atoms with E-state index in [2.05, 4.69) is 20.9 Å². The van der Waals surface area contributed by atoms with Gasteiger partial charge in [-0.25, -0.2) is 4.99 Å². The van der Waals surface area contributed by atoms with E-state index in [9.17, 15) is 4.79 Å². The molecule has 0 aromatic heterocycles. The molecule has 0 radical (unpaired) electrons. The summed E-state index contributed by atoms with van der Waals surface area (Å²) in [4.78, 5) is 19.7. The Morgan fingerprint density at radius 1 is 1.34 bits per heavy atom. The zero-order valence-corrected chi connectivity index (χ0v) is 19.4. The summed E-state index contributed by atoms with van der Waals surface area (Å²) >= 11 is 11.3. The van der Waals surface area contributed by atoms with Crippen LogP contribution in [0, 0.1) is 0 Å². The molecule has 1 aliphatic heterocycles. The third-order valence-corrected chi connectivity index (χ3v) is 6.20. The summed E-state index contributed by atoms with van der Waals surface area (Å²) in [5, 5.41) is 1.20. The van der Waals surface area contributed by atoms with E-state index in [1.807, 2.05) is 25.1 Å². The van der Waals surface area contributed by atoms with Crippen molar-refractivity contribution in [2.24, 2.45) is 4.99 Å². The fraction of sp³-hybridized carbons (Fsp3) is 0.333. The second kappa shape index (κ2) is 10.4. The molecule has 0 unspecified atom stereocenters. The van der Waals surface area contributed by atoms with Gasteiger partial charge in [0.2, 0.25) is 0 Å². The first kappa shape index (κ1) is 22.0. The Morgan fingerprint density at radius 2 is 2.14 bits per heavy atom. The third-order valence-electron chi connectivity index (χ3n) is 4.23. The van der Waals surface area contributed by atoms with E-state index >= 15 is 0 Å². The van der Waals surface area contributed by atoms with E-state index in [-0.39, 0.29) is 5.91 Å². The van der Waals surface area contributed by atoms with Gasteiger partial charge in [0.15, 0.2) is 16.7 Å². The van der Waals surface area contributed by atoms with Gasteiger partial charge in [-0.1, -0.05) is 42.4 Å². The number of para-hydroxylation sites is 1. The number of rotatable bonds is 6. The highest BCUT2D eigenvalue weighted by atomic mass is 79.9. The van der Waals surface area contributed by atoms with Crippen LogP contribution in [0.2, 0.25) is 5.02 Å². The highest BCUT2D eigenvalue weighted by Gasteiger charge is 2.27. The minimum atomic E-state index is -0.135. The van der Waals surface area contributed by atoms with Crippen LogP contribution in [0.25, 0.3) is 0 Å². The van der Waals surface area contributed by atoms with Gasteiger partial charge in [0.05, 0.1) is 28.9 Å². The number of halogens is 2. The summed E-state index contributed by atoms with van der Waals surface area (Å²) in [7, 11) is 1.57. The van der Waals surface area contributed by atoms with Gasteiger partial charge in [-0.2, -0.15) is 0 Å². The number of benzene rings is 2. The van der Waals surface area contributed by atoms with Crippen molar-refractivity contribution in [2.45, 2.75) is 19.8 Å². The van der Waals surface area contributed by atoms with Crippen LogP contribution in [0.15, 0.2) is 45.9 Å². The summed E-state index contributed by atoms with van der Waals surface area (Å²) < 4.78 is 11.9. The van der Waals surface area contributed by atoms with Crippen molar-refractivity contribution >= 4 is 56.1 Å². The Hall–Kier alpha value is -1.70.